The molecule has 38 heavy (non-hydrogen) atoms. The second-order valence-corrected chi connectivity index (χ2v) is 11.2. The molecule has 4 rings (SSSR count). The maximum absolute atomic E-state index is 12.8. The maximum Gasteiger partial charge on any atom is 0.339 e. The number of carbonyl (C=O) groups is 1. The van der Waals surface area contributed by atoms with Gasteiger partial charge in [-0.1, -0.05) is 48.5 Å². The lowest BCUT2D eigenvalue weighted by Crippen LogP contribution is -2.20. The van der Waals surface area contributed by atoms with Gasteiger partial charge in [0.2, 0.25) is 0 Å². The van der Waals surface area contributed by atoms with E-state index >= 15 is 0 Å². The maximum atomic E-state index is 12.8. The van der Waals surface area contributed by atoms with Gasteiger partial charge in [-0.25, -0.2) is 4.79 Å². The summed E-state index contributed by atoms with van der Waals surface area (Å²) in [5.41, 5.74) is 1.55. The number of anilines is 2. The van der Waals surface area contributed by atoms with Crippen LogP contribution in [0.3, 0.4) is 0 Å². The van der Waals surface area contributed by atoms with Crippen molar-refractivity contribution in [3.8, 4) is 11.5 Å². The first-order chi connectivity index (χ1) is 18.0. The summed E-state index contributed by atoms with van der Waals surface area (Å²) >= 11 is 0. The van der Waals surface area contributed by atoms with Crippen molar-refractivity contribution in [1.29, 1.82) is 0 Å². The molecule has 0 fully saturated rings. The molecule has 4 aromatic carbocycles. The number of hydrogen-bond donors (Lipinski definition) is 2. The number of nitrogens with one attached hydrogen (secondary N) is 2. The molecule has 0 saturated heterocycles. The normalized spacial score (nSPS) is 11.4. The van der Waals surface area contributed by atoms with Gasteiger partial charge in [0, 0.05) is 5.69 Å². The molecule has 0 aliphatic rings. The molecule has 0 heterocycles. The highest BCUT2D eigenvalue weighted by Gasteiger charge is 2.21. The smallest absolute Gasteiger partial charge is 0.339 e. The van der Waals surface area contributed by atoms with Crippen LogP contribution in [0.2, 0.25) is 0 Å². The summed E-state index contributed by atoms with van der Waals surface area (Å²) in [5.74, 6) is 0.00966. The van der Waals surface area contributed by atoms with E-state index in [4.69, 9.17) is 8.37 Å². The molecule has 196 valence electrons. The number of urea groups is 1. The molecule has 0 bridgehead atoms. The lowest BCUT2D eigenvalue weighted by atomic mass is 10.2. The van der Waals surface area contributed by atoms with Crippen LogP contribution in [0.4, 0.5) is 16.2 Å². The first kappa shape index (κ1) is 26.7. The molecule has 0 aliphatic carbocycles. The van der Waals surface area contributed by atoms with Gasteiger partial charge in [-0.3, -0.25) is 0 Å². The molecule has 0 spiro atoms. The zero-order valence-electron chi connectivity index (χ0n) is 20.4. The van der Waals surface area contributed by atoms with E-state index in [2.05, 4.69) is 10.6 Å². The van der Waals surface area contributed by atoms with Gasteiger partial charge >= 0.3 is 26.3 Å². The van der Waals surface area contributed by atoms with Crippen LogP contribution in [0.5, 0.6) is 11.5 Å². The fourth-order valence-electron chi connectivity index (χ4n) is 3.53. The van der Waals surface area contributed by atoms with Gasteiger partial charge in [0.25, 0.3) is 0 Å². The quantitative estimate of drug-likeness (QED) is 0.277. The number of aryl methyl sites for hydroxylation is 2. The fourth-order valence-corrected chi connectivity index (χ4v) is 5.87. The highest BCUT2D eigenvalue weighted by molar-refractivity contribution is 7.87. The summed E-state index contributed by atoms with van der Waals surface area (Å²) in [4.78, 5) is 12.7. The van der Waals surface area contributed by atoms with Crippen LogP contribution in [0.25, 0.3) is 0 Å². The number of rotatable bonds is 8. The van der Waals surface area contributed by atoms with Crippen LogP contribution in [0.1, 0.15) is 11.1 Å². The Balaban J connectivity index is 1.43. The van der Waals surface area contributed by atoms with Crippen LogP contribution in [0.15, 0.2) is 107 Å². The summed E-state index contributed by atoms with van der Waals surface area (Å²) in [6.45, 7) is 3.32. The van der Waals surface area contributed by atoms with Crippen molar-refractivity contribution in [3.05, 3.63) is 108 Å². The average molecular weight is 553 g/mol. The minimum Gasteiger partial charge on any atom is -0.379 e. The van der Waals surface area contributed by atoms with E-state index in [1.165, 1.54) is 48.5 Å². The minimum atomic E-state index is -4.14. The summed E-state index contributed by atoms with van der Waals surface area (Å²) in [6, 6.07) is 24.0. The van der Waals surface area contributed by atoms with Gasteiger partial charge in [-0.05, 0) is 73.5 Å². The second kappa shape index (κ2) is 11.0. The third-order valence-corrected chi connectivity index (χ3v) is 8.18. The minimum absolute atomic E-state index is 0.0194. The van der Waals surface area contributed by atoms with Gasteiger partial charge in [0.05, 0.1) is 5.69 Å². The first-order valence-corrected chi connectivity index (χ1v) is 14.1. The highest BCUT2D eigenvalue weighted by Crippen LogP contribution is 2.29. The van der Waals surface area contributed by atoms with E-state index in [9.17, 15) is 21.6 Å². The molecule has 2 N–H and O–H groups in total. The van der Waals surface area contributed by atoms with Gasteiger partial charge < -0.3 is 19.0 Å². The van der Waals surface area contributed by atoms with E-state index < -0.39 is 26.3 Å². The summed E-state index contributed by atoms with van der Waals surface area (Å²) in [7, 11) is -8.16. The monoisotopic (exact) mass is 552 g/mol. The molecule has 0 unspecified atom stereocenters. The summed E-state index contributed by atoms with van der Waals surface area (Å²) in [6.07, 6.45) is 0. The van der Waals surface area contributed by atoms with E-state index in [0.29, 0.717) is 16.8 Å². The van der Waals surface area contributed by atoms with Crippen LogP contribution in [-0.4, -0.2) is 22.9 Å². The van der Waals surface area contributed by atoms with Crippen LogP contribution >= 0.6 is 0 Å². The molecule has 4 aromatic rings. The number of benzene rings is 4. The molecular weight excluding hydrogens is 528 g/mol. The predicted molar refractivity (Wildman–Crippen MR) is 144 cm³/mol. The fraction of sp³-hybridized carbons (Fsp3) is 0.0741. The Hall–Kier alpha value is -4.35. The van der Waals surface area contributed by atoms with Crippen molar-refractivity contribution in [2.24, 2.45) is 0 Å². The SMILES string of the molecule is Cc1ccccc1S(=O)(=O)Oc1ccc(NC(=O)Nc2ccccc2OS(=O)(=O)c2ccccc2C)cc1. The zero-order chi connectivity index (χ0) is 27.3. The Bertz CT molecular complexity index is 1680. The highest BCUT2D eigenvalue weighted by atomic mass is 32.2. The third kappa shape index (κ3) is 6.31. The molecule has 9 nitrogen and oxygen atoms in total. The van der Waals surface area contributed by atoms with Crippen molar-refractivity contribution in [3.63, 3.8) is 0 Å². The number of carbonyl (C=O) groups excluding carboxylic acids is 1. The number of hydrogen-bond acceptors (Lipinski definition) is 7. The lowest BCUT2D eigenvalue weighted by Gasteiger charge is -2.14. The molecule has 0 aliphatic heterocycles. The molecule has 2 amide bonds. The summed E-state index contributed by atoms with van der Waals surface area (Å²) < 4.78 is 61.2. The van der Waals surface area contributed by atoms with Gasteiger partial charge in [-0.2, -0.15) is 16.8 Å². The summed E-state index contributed by atoms with van der Waals surface area (Å²) in [5, 5.41) is 5.15. The Morgan fingerprint density at radius 2 is 1.11 bits per heavy atom. The van der Waals surface area contributed by atoms with Gasteiger partial charge in [-0.15, -0.1) is 0 Å². The van der Waals surface area contributed by atoms with Crippen molar-refractivity contribution < 1.29 is 30.0 Å². The Morgan fingerprint density at radius 1 is 0.605 bits per heavy atom. The molecule has 0 saturated carbocycles. The van der Waals surface area contributed by atoms with Crippen molar-refractivity contribution in [2.45, 2.75) is 23.6 Å². The van der Waals surface area contributed by atoms with Gasteiger partial charge in [0.1, 0.15) is 15.5 Å². The van der Waals surface area contributed by atoms with E-state index in [1.807, 2.05) is 0 Å². The molecule has 0 radical (unpaired) electrons. The Labute approximate surface area is 221 Å². The van der Waals surface area contributed by atoms with Gasteiger partial charge in [0.15, 0.2) is 5.75 Å². The van der Waals surface area contributed by atoms with Crippen molar-refractivity contribution >= 4 is 37.6 Å². The topological polar surface area (TPSA) is 128 Å². The van der Waals surface area contributed by atoms with E-state index in [0.717, 1.165) is 0 Å². The number of amides is 2. The van der Waals surface area contributed by atoms with Crippen LogP contribution in [-0.2, 0) is 20.2 Å². The lowest BCUT2D eigenvalue weighted by molar-refractivity contribution is 0.262. The zero-order valence-corrected chi connectivity index (χ0v) is 22.0. The molecule has 0 aromatic heterocycles. The first-order valence-electron chi connectivity index (χ1n) is 11.3. The second-order valence-electron chi connectivity index (χ2n) is 8.21. The Morgan fingerprint density at radius 3 is 1.68 bits per heavy atom. The van der Waals surface area contributed by atoms with E-state index in [1.54, 1.807) is 62.4 Å². The predicted octanol–water partition coefficient (Wildman–Crippen LogP) is 5.48. The van der Waals surface area contributed by atoms with Crippen LogP contribution < -0.4 is 19.0 Å². The third-order valence-electron chi connectivity index (χ3n) is 5.38. The van der Waals surface area contributed by atoms with E-state index in [-0.39, 0.29) is 27.0 Å². The number of para-hydroxylation sites is 2. The standard InChI is InChI=1S/C27H24N2O7S2/c1-19-9-3-7-13-25(19)37(31,32)35-22-17-15-21(16-18-22)28-27(30)29-23-11-5-6-12-24(23)36-38(33,34)26-14-8-4-10-20(26)2/h3-18H,1-2H3,(H2,28,29,30). The van der Waals surface area contributed by atoms with Crippen molar-refractivity contribution in [2.75, 3.05) is 10.6 Å². The molecular formula is C27H24N2O7S2. The average Bonchev–Trinajstić information content (AvgIpc) is 2.86. The Kier molecular flexibility index (Phi) is 7.70. The van der Waals surface area contributed by atoms with Crippen LogP contribution in [0, 0.1) is 13.8 Å². The van der Waals surface area contributed by atoms with Crippen molar-refractivity contribution in [1.82, 2.24) is 0 Å². The molecule has 11 heteroatoms. The molecule has 0 atom stereocenters. The largest absolute Gasteiger partial charge is 0.379 e.